The molecule has 0 bridgehead atoms. The summed E-state index contributed by atoms with van der Waals surface area (Å²) in [5, 5.41) is 3.98. The standard InChI is InChI=1S/C28H32N4O2/c1-20-18-24-23(12-8-13-25(24)31(20)3)28(34)32(4)22(19-21-10-6-5-7-11-21)15-16-29-27(33)26-14-9-17-30(26)2/h5-14,17-18,22H,15-16,19H2,1-4H3,(H,29,33)/t22-/m1/s1. The van der Waals surface area contributed by atoms with Gasteiger partial charge >= 0.3 is 0 Å². The normalized spacial score (nSPS) is 12.0. The number of aromatic nitrogens is 2. The molecule has 0 aliphatic rings. The van der Waals surface area contributed by atoms with Gasteiger partial charge in [0.2, 0.25) is 0 Å². The number of aryl methyl sites for hydroxylation is 3. The molecule has 2 aromatic carbocycles. The van der Waals surface area contributed by atoms with Crippen molar-refractivity contribution in [2.45, 2.75) is 25.8 Å². The minimum Gasteiger partial charge on any atom is -0.351 e. The fourth-order valence-corrected chi connectivity index (χ4v) is 4.49. The van der Waals surface area contributed by atoms with Gasteiger partial charge in [0.1, 0.15) is 5.69 Å². The van der Waals surface area contributed by atoms with Crippen molar-refractivity contribution in [2.24, 2.45) is 14.1 Å². The number of hydrogen-bond acceptors (Lipinski definition) is 2. The Morgan fingerprint density at radius 1 is 1.00 bits per heavy atom. The minimum absolute atomic E-state index is 0.00843. The Balaban J connectivity index is 1.54. The molecular weight excluding hydrogens is 424 g/mol. The van der Waals surface area contributed by atoms with E-state index in [1.165, 1.54) is 0 Å². The molecule has 0 aliphatic carbocycles. The summed E-state index contributed by atoms with van der Waals surface area (Å²) in [7, 11) is 5.73. The Bertz CT molecular complexity index is 1300. The fraction of sp³-hybridized carbons (Fsp3) is 0.286. The first-order valence-corrected chi connectivity index (χ1v) is 11.6. The number of fused-ring (bicyclic) bond motifs is 1. The van der Waals surface area contributed by atoms with Crippen LogP contribution in [-0.4, -0.2) is 45.5 Å². The van der Waals surface area contributed by atoms with Gasteiger partial charge in [-0.15, -0.1) is 0 Å². The van der Waals surface area contributed by atoms with Crippen molar-refractivity contribution in [1.82, 2.24) is 19.4 Å². The Morgan fingerprint density at radius 2 is 1.76 bits per heavy atom. The van der Waals surface area contributed by atoms with E-state index in [0.29, 0.717) is 30.6 Å². The quantitative estimate of drug-likeness (QED) is 0.429. The zero-order chi connectivity index (χ0) is 24.2. The summed E-state index contributed by atoms with van der Waals surface area (Å²) < 4.78 is 3.90. The van der Waals surface area contributed by atoms with Crippen LogP contribution in [0.2, 0.25) is 0 Å². The molecule has 0 radical (unpaired) electrons. The second-order valence-electron chi connectivity index (χ2n) is 8.89. The van der Waals surface area contributed by atoms with Gasteiger partial charge in [-0.25, -0.2) is 0 Å². The van der Waals surface area contributed by atoms with Crippen LogP contribution in [0.25, 0.3) is 10.9 Å². The first kappa shape index (κ1) is 23.4. The molecule has 0 saturated carbocycles. The molecule has 1 atom stereocenters. The highest BCUT2D eigenvalue weighted by Crippen LogP contribution is 2.24. The molecule has 4 aromatic rings. The van der Waals surface area contributed by atoms with Gasteiger partial charge in [-0.3, -0.25) is 9.59 Å². The monoisotopic (exact) mass is 456 g/mol. The second kappa shape index (κ2) is 10.00. The van der Waals surface area contributed by atoms with Gasteiger partial charge in [0, 0.05) is 62.1 Å². The van der Waals surface area contributed by atoms with Crippen molar-refractivity contribution in [1.29, 1.82) is 0 Å². The third-order valence-corrected chi connectivity index (χ3v) is 6.68. The Kier molecular flexibility index (Phi) is 6.87. The summed E-state index contributed by atoms with van der Waals surface area (Å²) in [4.78, 5) is 28.1. The highest BCUT2D eigenvalue weighted by Gasteiger charge is 2.24. The molecule has 176 valence electrons. The molecule has 6 heteroatoms. The SMILES string of the molecule is Cc1cc2c(C(=O)N(C)[C@H](CCNC(=O)c3cccn3C)Cc3ccccc3)cccc2n1C. The molecule has 0 fully saturated rings. The molecule has 2 aromatic heterocycles. The van der Waals surface area contributed by atoms with Gasteiger partial charge in [0.15, 0.2) is 0 Å². The predicted octanol–water partition coefficient (Wildman–Crippen LogP) is 4.33. The van der Waals surface area contributed by atoms with Crippen molar-refractivity contribution in [3.8, 4) is 0 Å². The fourth-order valence-electron chi connectivity index (χ4n) is 4.49. The lowest BCUT2D eigenvalue weighted by Gasteiger charge is -2.29. The van der Waals surface area contributed by atoms with Crippen LogP contribution in [0.5, 0.6) is 0 Å². The molecule has 2 heterocycles. The van der Waals surface area contributed by atoms with E-state index < -0.39 is 0 Å². The van der Waals surface area contributed by atoms with E-state index in [9.17, 15) is 9.59 Å². The Labute approximate surface area is 200 Å². The Hall–Kier alpha value is -3.80. The van der Waals surface area contributed by atoms with Crippen LogP contribution < -0.4 is 5.32 Å². The molecule has 1 N–H and O–H groups in total. The molecule has 2 amide bonds. The molecule has 0 saturated heterocycles. The molecule has 4 rings (SSSR count). The maximum Gasteiger partial charge on any atom is 0.267 e. The number of nitrogens with one attached hydrogen (secondary N) is 1. The van der Waals surface area contributed by atoms with E-state index >= 15 is 0 Å². The van der Waals surface area contributed by atoms with Crippen LogP contribution in [-0.2, 0) is 20.5 Å². The topological polar surface area (TPSA) is 59.3 Å². The summed E-state index contributed by atoms with van der Waals surface area (Å²) in [6.07, 6.45) is 3.22. The maximum absolute atomic E-state index is 13.7. The summed E-state index contributed by atoms with van der Waals surface area (Å²) in [6.45, 7) is 2.53. The number of nitrogens with zero attached hydrogens (tertiary/aromatic N) is 3. The number of carbonyl (C=O) groups is 2. The van der Waals surface area contributed by atoms with Gasteiger partial charge < -0.3 is 19.4 Å². The smallest absolute Gasteiger partial charge is 0.267 e. The van der Waals surface area contributed by atoms with E-state index in [0.717, 1.165) is 22.2 Å². The highest BCUT2D eigenvalue weighted by atomic mass is 16.2. The zero-order valence-electron chi connectivity index (χ0n) is 20.3. The van der Waals surface area contributed by atoms with Crippen molar-refractivity contribution in [2.75, 3.05) is 13.6 Å². The second-order valence-corrected chi connectivity index (χ2v) is 8.89. The number of benzene rings is 2. The van der Waals surface area contributed by atoms with Gasteiger partial charge in [0.05, 0.1) is 0 Å². The zero-order valence-corrected chi connectivity index (χ0v) is 20.3. The average Bonchev–Trinajstić information content (AvgIpc) is 3.40. The predicted molar refractivity (Wildman–Crippen MR) is 136 cm³/mol. The van der Waals surface area contributed by atoms with E-state index in [-0.39, 0.29) is 17.9 Å². The largest absolute Gasteiger partial charge is 0.351 e. The maximum atomic E-state index is 13.7. The van der Waals surface area contributed by atoms with Crippen molar-refractivity contribution in [3.05, 3.63) is 95.4 Å². The van der Waals surface area contributed by atoms with Crippen LogP contribution in [0.1, 0.15) is 38.5 Å². The number of rotatable bonds is 8. The molecule has 0 aliphatic heterocycles. The van der Waals surface area contributed by atoms with E-state index in [2.05, 4.69) is 28.1 Å². The van der Waals surface area contributed by atoms with Crippen molar-refractivity contribution < 1.29 is 9.59 Å². The summed E-state index contributed by atoms with van der Waals surface area (Å²) in [5.41, 5.74) is 4.65. The van der Waals surface area contributed by atoms with E-state index in [4.69, 9.17) is 0 Å². The van der Waals surface area contributed by atoms with Crippen LogP contribution in [0.4, 0.5) is 0 Å². The van der Waals surface area contributed by atoms with Crippen molar-refractivity contribution >= 4 is 22.7 Å². The highest BCUT2D eigenvalue weighted by molar-refractivity contribution is 6.06. The Morgan fingerprint density at radius 3 is 2.47 bits per heavy atom. The lowest BCUT2D eigenvalue weighted by Crippen LogP contribution is -2.41. The van der Waals surface area contributed by atoms with Crippen LogP contribution in [0, 0.1) is 6.92 Å². The van der Waals surface area contributed by atoms with Crippen LogP contribution in [0.15, 0.2) is 72.9 Å². The first-order valence-electron chi connectivity index (χ1n) is 11.6. The number of hydrogen-bond donors (Lipinski definition) is 1. The molecule has 6 nitrogen and oxygen atoms in total. The molecule has 0 unspecified atom stereocenters. The van der Waals surface area contributed by atoms with E-state index in [1.54, 1.807) is 10.6 Å². The molecule has 0 spiro atoms. The number of likely N-dealkylation sites (N-methyl/N-ethyl adjacent to an activating group) is 1. The number of amides is 2. The van der Waals surface area contributed by atoms with Gasteiger partial charge in [0.25, 0.3) is 11.8 Å². The van der Waals surface area contributed by atoms with Gasteiger partial charge in [-0.2, -0.15) is 0 Å². The van der Waals surface area contributed by atoms with Crippen LogP contribution in [0.3, 0.4) is 0 Å². The average molecular weight is 457 g/mol. The minimum atomic E-state index is -0.107. The number of carbonyl (C=O) groups excluding carboxylic acids is 2. The molecular formula is C28H32N4O2. The van der Waals surface area contributed by atoms with E-state index in [1.807, 2.05) is 81.6 Å². The third-order valence-electron chi connectivity index (χ3n) is 6.68. The van der Waals surface area contributed by atoms with Gasteiger partial charge in [-0.05, 0) is 55.7 Å². The third kappa shape index (κ3) is 4.76. The summed E-state index contributed by atoms with van der Waals surface area (Å²) >= 11 is 0. The summed E-state index contributed by atoms with van der Waals surface area (Å²) in [6, 6.07) is 21.7. The lowest BCUT2D eigenvalue weighted by molar-refractivity contribution is 0.0725. The van der Waals surface area contributed by atoms with Crippen LogP contribution >= 0.6 is 0 Å². The van der Waals surface area contributed by atoms with Crippen molar-refractivity contribution in [3.63, 3.8) is 0 Å². The summed E-state index contributed by atoms with van der Waals surface area (Å²) in [5.74, 6) is -0.115. The van der Waals surface area contributed by atoms with Gasteiger partial charge in [-0.1, -0.05) is 36.4 Å². The first-order chi connectivity index (χ1) is 16.4. The lowest BCUT2D eigenvalue weighted by atomic mass is 10.0. The molecule has 34 heavy (non-hydrogen) atoms.